The molecule has 0 spiro atoms. The molecule has 90 valence electrons. The van der Waals surface area contributed by atoms with Gasteiger partial charge in [0, 0.05) is 5.25 Å². The van der Waals surface area contributed by atoms with E-state index in [4.69, 9.17) is 5.26 Å². The Morgan fingerprint density at radius 2 is 2.06 bits per heavy atom. The van der Waals surface area contributed by atoms with Crippen molar-refractivity contribution in [1.82, 2.24) is 0 Å². The Labute approximate surface area is 106 Å². The summed E-state index contributed by atoms with van der Waals surface area (Å²) in [7, 11) is 0. The summed E-state index contributed by atoms with van der Waals surface area (Å²) in [6.07, 6.45) is 1.04. The Morgan fingerprint density at radius 3 is 2.47 bits per heavy atom. The zero-order chi connectivity index (χ0) is 12.8. The summed E-state index contributed by atoms with van der Waals surface area (Å²) >= 11 is 4.31. The minimum Gasteiger partial charge on any atom is -0.481 e. The molecule has 0 bridgehead atoms. The summed E-state index contributed by atoms with van der Waals surface area (Å²) in [6, 6.07) is 9.19. The number of aliphatic carboxylic acids is 1. The van der Waals surface area contributed by atoms with Gasteiger partial charge in [-0.1, -0.05) is 31.2 Å². The second-order valence-electron chi connectivity index (χ2n) is 3.87. The summed E-state index contributed by atoms with van der Waals surface area (Å²) in [5.74, 6) is -1.46. The first-order chi connectivity index (χ1) is 8.10. The van der Waals surface area contributed by atoms with E-state index in [1.165, 1.54) is 0 Å². The van der Waals surface area contributed by atoms with Crippen LogP contribution < -0.4 is 0 Å². The molecule has 0 saturated heterocycles. The van der Waals surface area contributed by atoms with Crippen LogP contribution in [0.5, 0.6) is 0 Å². The van der Waals surface area contributed by atoms with Crippen molar-refractivity contribution in [3.05, 3.63) is 35.4 Å². The molecule has 2 atom stereocenters. The number of thiol groups is 1. The number of carboxylic acid groups (broad SMARTS) is 1. The molecule has 0 amide bonds. The number of nitrogens with zero attached hydrogens (tertiary/aromatic N) is 1. The molecule has 0 aromatic heterocycles. The molecule has 0 aliphatic carbocycles. The summed E-state index contributed by atoms with van der Waals surface area (Å²) < 4.78 is 0. The monoisotopic (exact) mass is 249 g/mol. The largest absolute Gasteiger partial charge is 0.481 e. The minimum absolute atomic E-state index is 0.200. The third kappa shape index (κ3) is 3.50. The summed E-state index contributed by atoms with van der Waals surface area (Å²) in [5.41, 5.74) is 1.63. The maximum absolute atomic E-state index is 11.2. The second-order valence-corrected chi connectivity index (χ2v) is 4.53. The first-order valence-corrected chi connectivity index (χ1v) is 5.98. The topological polar surface area (TPSA) is 61.1 Å². The second kappa shape index (κ2) is 6.31. The summed E-state index contributed by atoms with van der Waals surface area (Å²) in [4.78, 5) is 11.2. The third-order valence-electron chi connectivity index (χ3n) is 2.69. The predicted molar refractivity (Wildman–Crippen MR) is 69.2 cm³/mol. The predicted octanol–water partition coefficient (Wildman–Crippen LogP) is 2.63. The van der Waals surface area contributed by atoms with Gasteiger partial charge in [-0.15, -0.1) is 0 Å². The van der Waals surface area contributed by atoms with E-state index < -0.39 is 11.9 Å². The van der Waals surface area contributed by atoms with Crippen LogP contribution in [0.25, 0.3) is 0 Å². The Balaban J connectivity index is 2.96. The van der Waals surface area contributed by atoms with E-state index in [0.717, 1.165) is 11.1 Å². The quantitative estimate of drug-likeness (QED) is 0.789. The van der Waals surface area contributed by atoms with Crippen molar-refractivity contribution in [2.24, 2.45) is 0 Å². The van der Waals surface area contributed by atoms with Crippen LogP contribution in [0.2, 0.25) is 0 Å². The van der Waals surface area contributed by atoms with Crippen molar-refractivity contribution in [2.45, 2.75) is 30.9 Å². The lowest BCUT2D eigenvalue weighted by atomic mass is 9.93. The lowest BCUT2D eigenvalue weighted by Gasteiger charge is -2.18. The summed E-state index contributed by atoms with van der Waals surface area (Å²) in [6.45, 7) is 1.91. The van der Waals surface area contributed by atoms with Crippen molar-refractivity contribution in [3.63, 3.8) is 0 Å². The van der Waals surface area contributed by atoms with Gasteiger partial charge in [0.15, 0.2) is 0 Å². The maximum atomic E-state index is 11.2. The van der Waals surface area contributed by atoms with E-state index in [1.807, 2.05) is 6.92 Å². The fourth-order valence-electron chi connectivity index (χ4n) is 1.70. The zero-order valence-electron chi connectivity index (χ0n) is 9.63. The van der Waals surface area contributed by atoms with Crippen LogP contribution >= 0.6 is 12.6 Å². The van der Waals surface area contributed by atoms with E-state index in [-0.39, 0.29) is 5.25 Å². The number of hydrogen-bond acceptors (Lipinski definition) is 3. The molecule has 0 aliphatic heterocycles. The minimum atomic E-state index is -0.861. The van der Waals surface area contributed by atoms with E-state index in [0.29, 0.717) is 12.8 Å². The van der Waals surface area contributed by atoms with Gasteiger partial charge < -0.3 is 5.11 Å². The Hall–Kier alpha value is -1.47. The molecule has 0 saturated carbocycles. The average molecular weight is 249 g/mol. The van der Waals surface area contributed by atoms with Gasteiger partial charge in [-0.25, -0.2) is 0 Å². The molecule has 0 fully saturated rings. The van der Waals surface area contributed by atoms with Gasteiger partial charge >= 0.3 is 5.97 Å². The molecule has 2 unspecified atom stereocenters. The van der Waals surface area contributed by atoms with Crippen molar-refractivity contribution >= 4 is 18.6 Å². The highest BCUT2D eigenvalue weighted by Crippen LogP contribution is 2.26. The Bertz CT molecular complexity index is 422. The molecule has 1 aromatic carbocycles. The fourth-order valence-corrected chi connectivity index (χ4v) is 2.00. The number of carboxylic acids is 1. The van der Waals surface area contributed by atoms with E-state index in [9.17, 15) is 9.90 Å². The molecule has 1 rings (SSSR count). The fraction of sp³-hybridized carbons (Fsp3) is 0.385. The van der Waals surface area contributed by atoms with E-state index >= 15 is 0 Å². The van der Waals surface area contributed by atoms with Gasteiger partial charge in [-0.05, 0) is 17.5 Å². The molecule has 0 radical (unpaired) electrons. The van der Waals surface area contributed by atoms with Gasteiger partial charge in [-0.2, -0.15) is 17.9 Å². The van der Waals surface area contributed by atoms with Crippen LogP contribution in [0.1, 0.15) is 30.4 Å². The first kappa shape index (κ1) is 13.6. The normalized spacial score (nSPS) is 13.7. The highest BCUT2D eigenvalue weighted by atomic mass is 32.1. The molecular formula is C13H15NO2S. The van der Waals surface area contributed by atoms with Crippen LogP contribution in [-0.2, 0) is 11.2 Å². The van der Waals surface area contributed by atoms with Crippen LogP contribution in [0.3, 0.4) is 0 Å². The number of nitriles is 1. The number of benzene rings is 1. The molecular weight excluding hydrogens is 234 g/mol. The van der Waals surface area contributed by atoms with Crippen molar-refractivity contribution in [1.29, 1.82) is 5.26 Å². The smallest absolute Gasteiger partial charge is 0.312 e. The third-order valence-corrected chi connectivity index (χ3v) is 3.35. The van der Waals surface area contributed by atoms with Crippen LogP contribution in [0.4, 0.5) is 0 Å². The van der Waals surface area contributed by atoms with E-state index in [1.54, 1.807) is 24.3 Å². The average Bonchev–Trinajstić information content (AvgIpc) is 2.31. The summed E-state index contributed by atoms with van der Waals surface area (Å²) in [5, 5.41) is 17.6. The molecule has 1 N–H and O–H groups in total. The van der Waals surface area contributed by atoms with Gasteiger partial charge in [0.25, 0.3) is 0 Å². The molecule has 0 heterocycles. The highest BCUT2D eigenvalue weighted by molar-refractivity contribution is 7.81. The van der Waals surface area contributed by atoms with Gasteiger partial charge in [0.2, 0.25) is 0 Å². The van der Waals surface area contributed by atoms with Crippen molar-refractivity contribution < 1.29 is 9.90 Å². The van der Waals surface area contributed by atoms with Crippen LogP contribution in [0.15, 0.2) is 24.3 Å². The van der Waals surface area contributed by atoms with Crippen molar-refractivity contribution in [3.8, 4) is 6.07 Å². The molecule has 3 nitrogen and oxygen atoms in total. The molecule has 17 heavy (non-hydrogen) atoms. The molecule has 1 aromatic rings. The van der Waals surface area contributed by atoms with Crippen molar-refractivity contribution in [2.75, 3.05) is 0 Å². The lowest BCUT2D eigenvalue weighted by Crippen LogP contribution is -2.21. The molecule has 0 aliphatic rings. The Kier molecular flexibility index (Phi) is 5.05. The van der Waals surface area contributed by atoms with Gasteiger partial charge in [-0.3, -0.25) is 4.79 Å². The molecule has 4 heteroatoms. The highest BCUT2D eigenvalue weighted by Gasteiger charge is 2.25. The number of rotatable bonds is 5. The Morgan fingerprint density at radius 1 is 1.47 bits per heavy atom. The van der Waals surface area contributed by atoms with E-state index in [2.05, 4.69) is 18.7 Å². The first-order valence-electron chi connectivity index (χ1n) is 5.46. The SMILES string of the molecule is CCC(S)C(C(=O)O)c1ccc(CC#N)cc1. The maximum Gasteiger partial charge on any atom is 0.312 e. The number of carbonyl (C=O) groups is 1. The zero-order valence-corrected chi connectivity index (χ0v) is 10.5. The van der Waals surface area contributed by atoms with Gasteiger partial charge in [0.1, 0.15) is 0 Å². The van der Waals surface area contributed by atoms with Gasteiger partial charge in [0.05, 0.1) is 18.4 Å². The van der Waals surface area contributed by atoms with Crippen LogP contribution in [-0.4, -0.2) is 16.3 Å². The standard InChI is InChI=1S/C13H15NO2S/c1-2-11(17)12(13(15)16)10-5-3-9(4-6-10)7-8-14/h3-6,11-12,17H,2,7H2,1H3,(H,15,16). The van der Waals surface area contributed by atoms with Crippen LogP contribution in [0, 0.1) is 11.3 Å². The number of hydrogen-bond donors (Lipinski definition) is 2. The lowest BCUT2D eigenvalue weighted by molar-refractivity contribution is -0.138.